The lowest BCUT2D eigenvalue weighted by Crippen LogP contribution is -2.20. The monoisotopic (exact) mass is 288 g/mol. The van der Waals surface area contributed by atoms with Crippen LogP contribution in [0.25, 0.3) is 0 Å². The van der Waals surface area contributed by atoms with E-state index in [-0.39, 0.29) is 18.5 Å². The average Bonchev–Trinajstić information content (AvgIpc) is 2.45. The second-order valence-electron chi connectivity index (χ2n) is 5.17. The van der Waals surface area contributed by atoms with Gasteiger partial charge in [-0.3, -0.25) is 9.59 Å². The molecule has 0 aromatic heterocycles. The molecule has 1 aromatic rings. The third kappa shape index (κ3) is 7.11. The molecule has 1 N–H and O–H groups in total. The Morgan fingerprint density at radius 2 is 1.95 bits per heavy atom. The molecule has 0 atom stereocenters. The van der Waals surface area contributed by atoms with Gasteiger partial charge in [0.1, 0.15) is 0 Å². The largest absolute Gasteiger partial charge is 0.456 e. The Morgan fingerprint density at radius 1 is 1.29 bits per heavy atom. The normalized spacial score (nSPS) is 10.0. The van der Waals surface area contributed by atoms with Crippen LogP contribution in [0.4, 0.5) is 5.69 Å². The Balaban J connectivity index is 2.33. The number of hydrogen-bond acceptors (Lipinski definition) is 4. The number of amides is 1. The summed E-state index contributed by atoms with van der Waals surface area (Å²) < 4.78 is 4.89. The Labute approximate surface area is 124 Å². The van der Waals surface area contributed by atoms with Crippen molar-refractivity contribution in [1.29, 1.82) is 5.26 Å². The lowest BCUT2D eigenvalue weighted by atomic mass is 10.1. The molecular formula is C16H20N2O3. The minimum atomic E-state index is -0.374. The van der Waals surface area contributed by atoms with Gasteiger partial charge in [0.05, 0.1) is 12.5 Å². The van der Waals surface area contributed by atoms with Gasteiger partial charge in [-0.1, -0.05) is 26.0 Å². The molecule has 0 saturated heterocycles. The number of anilines is 1. The third-order valence-corrected chi connectivity index (χ3v) is 2.81. The van der Waals surface area contributed by atoms with Crippen LogP contribution in [0.3, 0.4) is 0 Å². The molecule has 0 saturated carbocycles. The van der Waals surface area contributed by atoms with E-state index >= 15 is 0 Å². The summed E-state index contributed by atoms with van der Waals surface area (Å²) >= 11 is 0. The van der Waals surface area contributed by atoms with Gasteiger partial charge in [0.2, 0.25) is 0 Å². The fourth-order valence-electron chi connectivity index (χ4n) is 1.62. The summed E-state index contributed by atoms with van der Waals surface area (Å²) in [5, 5.41) is 11.2. The Bertz CT molecular complexity index is 515. The molecule has 0 aliphatic heterocycles. The predicted molar refractivity (Wildman–Crippen MR) is 79.4 cm³/mol. The smallest absolute Gasteiger partial charge is 0.306 e. The van der Waals surface area contributed by atoms with E-state index in [4.69, 9.17) is 10.00 Å². The van der Waals surface area contributed by atoms with Crippen LogP contribution < -0.4 is 5.32 Å². The van der Waals surface area contributed by atoms with Crippen LogP contribution in [0.2, 0.25) is 0 Å². The quantitative estimate of drug-likeness (QED) is 0.782. The van der Waals surface area contributed by atoms with Crippen LogP contribution >= 0.6 is 0 Å². The maximum Gasteiger partial charge on any atom is 0.306 e. The molecule has 5 heteroatoms. The first-order chi connectivity index (χ1) is 10.0. The summed E-state index contributed by atoms with van der Waals surface area (Å²) in [6.07, 6.45) is 1.41. The number of carbonyl (C=O) groups is 2. The van der Waals surface area contributed by atoms with E-state index in [9.17, 15) is 9.59 Å². The molecule has 0 unspecified atom stereocenters. The molecule has 1 aromatic carbocycles. The molecule has 21 heavy (non-hydrogen) atoms. The van der Waals surface area contributed by atoms with Crippen LogP contribution in [0.15, 0.2) is 24.3 Å². The van der Waals surface area contributed by atoms with Crippen LogP contribution in [0.1, 0.15) is 32.3 Å². The van der Waals surface area contributed by atoms with Crippen LogP contribution in [-0.2, 0) is 20.7 Å². The molecule has 0 radical (unpaired) electrons. The van der Waals surface area contributed by atoms with Gasteiger partial charge in [-0.25, -0.2) is 0 Å². The third-order valence-electron chi connectivity index (χ3n) is 2.81. The number of hydrogen-bond donors (Lipinski definition) is 1. The molecule has 112 valence electrons. The number of ether oxygens (including phenoxy) is 1. The van der Waals surface area contributed by atoms with Gasteiger partial charge in [-0.2, -0.15) is 5.26 Å². The first-order valence-electron chi connectivity index (χ1n) is 6.92. The van der Waals surface area contributed by atoms with E-state index in [1.165, 1.54) is 0 Å². The van der Waals surface area contributed by atoms with Gasteiger partial charge >= 0.3 is 5.97 Å². The minimum Gasteiger partial charge on any atom is -0.456 e. The maximum absolute atomic E-state index is 11.6. The van der Waals surface area contributed by atoms with Crippen molar-refractivity contribution in [1.82, 2.24) is 0 Å². The summed E-state index contributed by atoms with van der Waals surface area (Å²) in [6.45, 7) is 3.77. The molecule has 0 aliphatic rings. The molecular weight excluding hydrogens is 268 g/mol. The van der Waals surface area contributed by atoms with E-state index in [0.717, 1.165) is 12.0 Å². The Kier molecular flexibility index (Phi) is 6.96. The highest BCUT2D eigenvalue weighted by Gasteiger charge is 2.08. The lowest BCUT2D eigenvalue weighted by molar-refractivity contribution is -0.147. The molecule has 0 fully saturated rings. The van der Waals surface area contributed by atoms with Crippen molar-refractivity contribution in [3.8, 4) is 6.07 Å². The summed E-state index contributed by atoms with van der Waals surface area (Å²) in [5.41, 5.74) is 1.50. The molecule has 1 rings (SSSR count). The van der Waals surface area contributed by atoms with Gasteiger partial charge < -0.3 is 10.1 Å². The number of rotatable bonds is 7. The first-order valence-corrected chi connectivity index (χ1v) is 6.92. The molecule has 0 heterocycles. The predicted octanol–water partition coefficient (Wildman–Crippen LogP) is 2.67. The van der Waals surface area contributed by atoms with Gasteiger partial charge in [0.25, 0.3) is 5.91 Å². The van der Waals surface area contributed by atoms with Crippen molar-refractivity contribution in [2.45, 2.75) is 33.1 Å². The number of nitrogens with one attached hydrogen (secondary N) is 1. The number of nitriles is 1. The van der Waals surface area contributed by atoms with Gasteiger partial charge in [-0.15, -0.1) is 0 Å². The van der Waals surface area contributed by atoms with Crippen molar-refractivity contribution in [3.05, 3.63) is 29.8 Å². The van der Waals surface area contributed by atoms with Crippen LogP contribution in [0.5, 0.6) is 0 Å². The van der Waals surface area contributed by atoms with Crippen molar-refractivity contribution in [3.63, 3.8) is 0 Å². The Hall–Kier alpha value is -2.35. The highest BCUT2D eigenvalue weighted by molar-refractivity contribution is 5.92. The van der Waals surface area contributed by atoms with Crippen LogP contribution in [0, 0.1) is 17.2 Å². The Morgan fingerprint density at radius 3 is 2.52 bits per heavy atom. The molecule has 0 aliphatic carbocycles. The van der Waals surface area contributed by atoms with Gasteiger partial charge in [0.15, 0.2) is 6.61 Å². The number of carbonyl (C=O) groups excluding carboxylic acids is 2. The van der Waals surface area contributed by atoms with E-state index in [0.29, 0.717) is 24.4 Å². The van der Waals surface area contributed by atoms with E-state index < -0.39 is 0 Å². The first kappa shape index (κ1) is 16.7. The summed E-state index contributed by atoms with van der Waals surface area (Å²) in [4.78, 5) is 23.0. The van der Waals surface area contributed by atoms with Crippen molar-refractivity contribution in [2.24, 2.45) is 5.92 Å². The van der Waals surface area contributed by atoms with E-state index in [1.54, 1.807) is 24.3 Å². The highest BCUT2D eigenvalue weighted by atomic mass is 16.5. The second-order valence-corrected chi connectivity index (χ2v) is 5.17. The van der Waals surface area contributed by atoms with Crippen molar-refractivity contribution < 1.29 is 14.3 Å². The van der Waals surface area contributed by atoms with E-state index in [1.807, 2.05) is 13.8 Å². The summed E-state index contributed by atoms with van der Waals surface area (Å²) in [6, 6.07) is 9.02. The van der Waals surface area contributed by atoms with Crippen LogP contribution in [-0.4, -0.2) is 18.5 Å². The van der Waals surface area contributed by atoms with E-state index in [2.05, 4.69) is 11.4 Å². The number of esters is 1. The molecule has 1 amide bonds. The topological polar surface area (TPSA) is 79.2 Å². The van der Waals surface area contributed by atoms with Gasteiger partial charge in [-0.05, 0) is 30.0 Å². The maximum atomic E-state index is 11.6. The minimum absolute atomic E-state index is 0.281. The molecule has 5 nitrogen and oxygen atoms in total. The fourth-order valence-corrected chi connectivity index (χ4v) is 1.62. The summed E-state index contributed by atoms with van der Waals surface area (Å²) in [5.74, 6) is -0.303. The lowest BCUT2D eigenvalue weighted by Gasteiger charge is -2.08. The van der Waals surface area contributed by atoms with Crippen molar-refractivity contribution in [2.75, 3.05) is 11.9 Å². The number of nitrogens with zero attached hydrogens (tertiary/aromatic N) is 1. The average molecular weight is 288 g/mol. The SMILES string of the molecule is CC(C)CCC(=O)OCC(=O)Nc1ccc(CC#N)cc1. The highest BCUT2D eigenvalue weighted by Crippen LogP contribution is 2.10. The number of benzene rings is 1. The molecule has 0 spiro atoms. The standard InChI is InChI=1S/C16H20N2O3/c1-12(2)3-8-16(20)21-11-15(19)18-14-6-4-13(5-7-14)9-10-17/h4-7,12H,3,8-9,11H2,1-2H3,(H,18,19). The second kappa shape index (κ2) is 8.75. The van der Waals surface area contributed by atoms with Gasteiger partial charge in [0, 0.05) is 12.1 Å². The molecule has 0 bridgehead atoms. The van der Waals surface area contributed by atoms with Crippen molar-refractivity contribution >= 4 is 17.6 Å². The zero-order valence-electron chi connectivity index (χ0n) is 12.4. The fraction of sp³-hybridized carbons (Fsp3) is 0.438. The zero-order valence-corrected chi connectivity index (χ0v) is 12.4. The summed E-state index contributed by atoms with van der Waals surface area (Å²) in [7, 11) is 0. The zero-order chi connectivity index (χ0) is 15.7.